The minimum Gasteiger partial charge on any atom is -0.550 e. The van der Waals surface area contributed by atoms with E-state index < -0.39 is 34.2 Å². The summed E-state index contributed by atoms with van der Waals surface area (Å²) < 4.78 is 0. The maximum Gasteiger partial charge on any atom is 3.00 e. The molecule has 37 heavy (non-hydrogen) atoms. The van der Waals surface area contributed by atoms with E-state index in [1.54, 1.807) is 27.7 Å². The molecule has 0 aliphatic carbocycles. The maximum atomic E-state index is 10.7. The van der Waals surface area contributed by atoms with Crippen LogP contribution in [0, 0.1) is 16.2 Å². The van der Waals surface area contributed by atoms with Crippen LogP contribution in [0.2, 0.25) is 0 Å². The summed E-state index contributed by atoms with van der Waals surface area (Å²) in [5.74, 6) is -2.73. The molecule has 0 bridgehead atoms. The second kappa shape index (κ2) is 24.5. The zero-order chi connectivity index (χ0) is 28.8. The fraction of sp³-hybridized carbons (Fsp3) is 0.900. The summed E-state index contributed by atoms with van der Waals surface area (Å²) in [4.78, 5) is 32.0. The third-order valence-electron chi connectivity index (χ3n) is 7.42. The third-order valence-corrected chi connectivity index (χ3v) is 7.42. The monoisotopic (exact) mass is 602 g/mol. The van der Waals surface area contributed by atoms with Crippen molar-refractivity contribution in [3.8, 4) is 0 Å². The predicted molar refractivity (Wildman–Crippen MR) is 143 cm³/mol. The first-order chi connectivity index (χ1) is 16.6. The van der Waals surface area contributed by atoms with Gasteiger partial charge in [0.1, 0.15) is 0 Å². The van der Waals surface area contributed by atoms with Gasteiger partial charge in [0.2, 0.25) is 0 Å². The second-order valence-corrected chi connectivity index (χ2v) is 11.3. The minimum atomic E-state index is -0.931. The van der Waals surface area contributed by atoms with Crippen LogP contribution in [0.3, 0.4) is 0 Å². The van der Waals surface area contributed by atoms with Gasteiger partial charge in [0, 0.05) is 34.2 Å². The van der Waals surface area contributed by atoms with E-state index in [1.807, 2.05) is 13.8 Å². The molecule has 0 spiro atoms. The van der Waals surface area contributed by atoms with Crippen molar-refractivity contribution < 1.29 is 62.4 Å². The van der Waals surface area contributed by atoms with Crippen LogP contribution in [0.1, 0.15) is 159 Å². The van der Waals surface area contributed by atoms with Gasteiger partial charge in [-0.2, -0.15) is 0 Å². The minimum absolute atomic E-state index is 0. The van der Waals surface area contributed by atoms with E-state index in [0.717, 1.165) is 70.6 Å². The summed E-state index contributed by atoms with van der Waals surface area (Å²) in [7, 11) is 0. The Balaban J connectivity index is -0.000000218. The van der Waals surface area contributed by atoms with E-state index >= 15 is 0 Å². The first kappa shape index (κ1) is 43.6. The molecule has 0 N–H and O–H groups in total. The normalized spacial score (nSPS) is 13.9. The van der Waals surface area contributed by atoms with Gasteiger partial charge in [-0.3, -0.25) is 0 Å². The number of rotatable bonds is 18. The summed E-state index contributed by atoms with van der Waals surface area (Å²) >= 11 is 0. The van der Waals surface area contributed by atoms with Gasteiger partial charge in [0.15, 0.2) is 0 Å². The molecule has 0 saturated heterocycles. The molecule has 0 amide bonds. The van der Waals surface area contributed by atoms with Crippen molar-refractivity contribution in [3.05, 3.63) is 0 Å². The maximum absolute atomic E-state index is 10.7. The van der Waals surface area contributed by atoms with Crippen molar-refractivity contribution in [2.45, 2.75) is 159 Å². The molecule has 0 aromatic heterocycles. The quantitative estimate of drug-likeness (QED) is 0.199. The zero-order valence-electron chi connectivity index (χ0n) is 25.6. The number of hydrogen-bond acceptors (Lipinski definition) is 6. The van der Waals surface area contributed by atoms with Gasteiger partial charge in [-0.15, -0.1) is 0 Å². The number of carboxylic acid groups (broad SMARTS) is 3. The molecule has 0 aliphatic rings. The molecule has 0 aliphatic heterocycles. The molecule has 0 fully saturated rings. The Labute approximate surface area is 254 Å². The SMILES string of the molecule is CCCCCC(C)(CC)C(=O)[O-].CCCCCC(C)(CC)C(=O)[O-].CCCCCCC(C)(C)C(=O)[O-].[Y+3]. The summed E-state index contributed by atoms with van der Waals surface area (Å²) in [6, 6.07) is 0. The van der Waals surface area contributed by atoms with Crippen LogP contribution in [0.15, 0.2) is 0 Å². The van der Waals surface area contributed by atoms with Crippen molar-refractivity contribution in [2.24, 2.45) is 16.2 Å². The standard InChI is InChI=1S/3C10H20O2.Y/c1-4-5-6-7-8-10(2,3)9(11)12;2*1-4-6-7-8-10(3,5-2)9(11)12;/h3*4-8H2,1-3H3,(H,11,12);/q;;;+3/p-3. The van der Waals surface area contributed by atoms with Crippen LogP contribution in [0.4, 0.5) is 0 Å². The molecule has 0 heterocycles. The molecule has 0 aromatic rings. The first-order valence-corrected chi connectivity index (χ1v) is 14.3. The average Bonchev–Trinajstić information content (AvgIpc) is 2.82. The number of carbonyl (C=O) groups excluding carboxylic acids is 3. The van der Waals surface area contributed by atoms with Crippen LogP contribution >= 0.6 is 0 Å². The number of carboxylic acids is 3. The number of unbranched alkanes of at least 4 members (excludes halogenated alkanes) is 7. The van der Waals surface area contributed by atoms with Crippen LogP contribution in [-0.4, -0.2) is 17.9 Å². The molecule has 0 rings (SSSR count). The Hall–Kier alpha value is -0.486. The fourth-order valence-electron chi connectivity index (χ4n) is 3.47. The fourth-order valence-corrected chi connectivity index (χ4v) is 3.47. The van der Waals surface area contributed by atoms with Gasteiger partial charge in [-0.25, -0.2) is 0 Å². The summed E-state index contributed by atoms with van der Waals surface area (Å²) in [6.45, 7) is 17.2. The molecular formula is C30H57O6Y. The smallest absolute Gasteiger partial charge is 0.550 e. The summed E-state index contributed by atoms with van der Waals surface area (Å²) in [5, 5.41) is 32.0. The second-order valence-electron chi connectivity index (χ2n) is 11.3. The van der Waals surface area contributed by atoms with Gasteiger partial charge in [0.05, 0.1) is 0 Å². The van der Waals surface area contributed by atoms with Crippen molar-refractivity contribution >= 4 is 17.9 Å². The van der Waals surface area contributed by atoms with Crippen molar-refractivity contribution in [3.63, 3.8) is 0 Å². The molecule has 216 valence electrons. The Bertz CT molecular complexity index is 559. The number of carbonyl (C=O) groups is 3. The Morgan fingerprint density at radius 1 is 0.486 bits per heavy atom. The third kappa shape index (κ3) is 22.1. The van der Waals surface area contributed by atoms with Crippen LogP contribution in [-0.2, 0) is 47.1 Å². The summed E-state index contributed by atoms with van der Waals surface area (Å²) in [5.41, 5.74) is -1.85. The van der Waals surface area contributed by atoms with E-state index in [9.17, 15) is 29.7 Å². The topological polar surface area (TPSA) is 120 Å². The first-order valence-electron chi connectivity index (χ1n) is 14.3. The Kier molecular flexibility index (Phi) is 28.9. The van der Waals surface area contributed by atoms with Gasteiger partial charge in [0.25, 0.3) is 0 Å². The number of hydrogen-bond donors (Lipinski definition) is 0. The summed E-state index contributed by atoms with van der Waals surface area (Å²) in [6.07, 6.45) is 14.6. The molecule has 2 unspecified atom stereocenters. The molecule has 7 heteroatoms. The molecule has 2 atom stereocenters. The van der Waals surface area contributed by atoms with Crippen LogP contribution in [0.5, 0.6) is 0 Å². The van der Waals surface area contributed by atoms with Crippen LogP contribution in [0.25, 0.3) is 0 Å². The molecule has 6 nitrogen and oxygen atoms in total. The largest absolute Gasteiger partial charge is 3.00 e. The van der Waals surface area contributed by atoms with E-state index in [2.05, 4.69) is 20.8 Å². The van der Waals surface area contributed by atoms with Crippen molar-refractivity contribution in [1.29, 1.82) is 0 Å². The van der Waals surface area contributed by atoms with Gasteiger partial charge in [-0.05, 0) is 32.1 Å². The Morgan fingerprint density at radius 3 is 1.03 bits per heavy atom. The zero-order valence-corrected chi connectivity index (χ0v) is 28.5. The van der Waals surface area contributed by atoms with Gasteiger partial charge < -0.3 is 29.7 Å². The van der Waals surface area contributed by atoms with E-state index in [1.165, 1.54) is 12.8 Å². The molecule has 0 saturated carbocycles. The number of aliphatic carboxylic acids is 3. The Morgan fingerprint density at radius 2 is 0.784 bits per heavy atom. The predicted octanol–water partition coefficient (Wildman–Crippen LogP) is 5.20. The van der Waals surface area contributed by atoms with Crippen molar-refractivity contribution in [1.82, 2.24) is 0 Å². The molecular weight excluding hydrogens is 545 g/mol. The van der Waals surface area contributed by atoms with E-state index in [-0.39, 0.29) is 32.7 Å². The van der Waals surface area contributed by atoms with Crippen molar-refractivity contribution in [2.75, 3.05) is 0 Å². The van der Waals surface area contributed by atoms with Gasteiger partial charge >= 0.3 is 32.7 Å². The molecule has 0 radical (unpaired) electrons. The van der Waals surface area contributed by atoms with Crippen LogP contribution < -0.4 is 15.3 Å². The van der Waals surface area contributed by atoms with Gasteiger partial charge in [-0.1, -0.05) is 127 Å². The average molecular weight is 603 g/mol. The van der Waals surface area contributed by atoms with E-state index in [0.29, 0.717) is 12.8 Å². The molecule has 0 aromatic carbocycles. The van der Waals surface area contributed by atoms with E-state index in [4.69, 9.17) is 0 Å².